The summed E-state index contributed by atoms with van der Waals surface area (Å²) in [6.45, 7) is 6.91. The molecule has 166 valence electrons. The third kappa shape index (κ3) is 5.89. The van der Waals surface area contributed by atoms with Crippen molar-refractivity contribution in [1.29, 1.82) is 0 Å². The van der Waals surface area contributed by atoms with E-state index in [1.165, 1.54) is 16.9 Å². The van der Waals surface area contributed by atoms with Gasteiger partial charge in [0.25, 0.3) is 5.91 Å². The van der Waals surface area contributed by atoms with Crippen LogP contribution in [0.1, 0.15) is 22.3 Å². The fraction of sp³-hybridized carbons (Fsp3) is 0.364. The Kier molecular flexibility index (Phi) is 8.56. The van der Waals surface area contributed by atoms with Crippen LogP contribution in [0.2, 0.25) is 10.0 Å². The number of nitrogens with zero attached hydrogens (tertiary/aromatic N) is 3. The topological polar surface area (TPSA) is 45.7 Å². The number of aromatic nitrogens is 1. The summed E-state index contributed by atoms with van der Waals surface area (Å²) in [5.41, 5.74) is 2.50. The van der Waals surface area contributed by atoms with Gasteiger partial charge in [0.05, 0.1) is 34.0 Å². The average molecular weight is 501 g/mol. The SMILES string of the molecule is Cc1ccc2nc(N(CCCN3CCOCC3)C(=O)c3ccc(Cl)cc3Cl)sc2c1.Cl. The quantitative estimate of drug-likeness (QED) is 0.435. The molecular weight excluding hydrogens is 477 g/mol. The molecular formula is C22H24Cl3N3O2S. The van der Waals surface area contributed by atoms with Crippen molar-refractivity contribution in [3.8, 4) is 0 Å². The molecule has 0 unspecified atom stereocenters. The lowest BCUT2D eigenvalue weighted by Crippen LogP contribution is -2.39. The number of hydrogen-bond donors (Lipinski definition) is 0. The van der Waals surface area contributed by atoms with Crippen molar-refractivity contribution in [2.24, 2.45) is 0 Å². The highest BCUT2D eigenvalue weighted by atomic mass is 35.5. The summed E-state index contributed by atoms with van der Waals surface area (Å²) < 4.78 is 6.49. The minimum Gasteiger partial charge on any atom is -0.379 e. The summed E-state index contributed by atoms with van der Waals surface area (Å²) in [7, 11) is 0. The predicted molar refractivity (Wildman–Crippen MR) is 132 cm³/mol. The van der Waals surface area contributed by atoms with Crippen LogP contribution >= 0.6 is 46.9 Å². The maximum Gasteiger partial charge on any atom is 0.261 e. The van der Waals surface area contributed by atoms with Gasteiger partial charge in [-0.1, -0.05) is 40.6 Å². The zero-order valence-corrected chi connectivity index (χ0v) is 20.3. The number of hydrogen-bond acceptors (Lipinski definition) is 5. The molecule has 1 aliphatic heterocycles. The summed E-state index contributed by atoms with van der Waals surface area (Å²) in [5, 5.41) is 1.54. The van der Waals surface area contributed by atoms with Crippen LogP contribution in [0.25, 0.3) is 10.2 Å². The van der Waals surface area contributed by atoms with Gasteiger partial charge in [-0.05, 0) is 49.2 Å². The van der Waals surface area contributed by atoms with Gasteiger partial charge in [-0.3, -0.25) is 14.6 Å². The number of morpholine rings is 1. The first-order valence-corrected chi connectivity index (χ1v) is 11.5. The zero-order chi connectivity index (χ0) is 21.1. The minimum atomic E-state index is -0.158. The van der Waals surface area contributed by atoms with Gasteiger partial charge in [0.2, 0.25) is 0 Å². The van der Waals surface area contributed by atoms with Gasteiger partial charge in [0, 0.05) is 31.2 Å². The van der Waals surface area contributed by atoms with E-state index in [4.69, 9.17) is 32.9 Å². The molecule has 0 N–H and O–H groups in total. The summed E-state index contributed by atoms with van der Waals surface area (Å²) in [6, 6.07) is 11.1. The van der Waals surface area contributed by atoms with Crippen LogP contribution in [0, 0.1) is 6.92 Å². The van der Waals surface area contributed by atoms with Crippen molar-refractivity contribution < 1.29 is 9.53 Å². The molecule has 1 fully saturated rings. The first-order valence-electron chi connectivity index (χ1n) is 9.95. The van der Waals surface area contributed by atoms with Crippen LogP contribution in [0.15, 0.2) is 36.4 Å². The molecule has 0 saturated carbocycles. The lowest BCUT2D eigenvalue weighted by Gasteiger charge is -2.27. The van der Waals surface area contributed by atoms with E-state index in [-0.39, 0.29) is 18.3 Å². The number of halogens is 3. The molecule has 5 nitrogen and oxygen atoms in total. The largest absolute Gasteiger partial charge is 0.379 e. The molecule has 31 heavy (non-hydrogen) atoms. The Morgan fingerprint density at radius 3 is 2.71 bits per heavy atom. The number of anilines is 1. The van der Waals surface area contributed by atoms with Crippen molar-refractivity contribution in [2.45, 2.75) is 13.3 Å². The van der Waals surface area contributed by atoms with Crippen LogP contribution in [0.5, 0.6) is 0 Å². The normalized spacial score (nSPS) is 14.4. The van der Waals surface area contributed by atoms with Gasteiger partial charge >= 0.3 is 0 Å². The lowest BCUT2D eigenvalue weighted by atomic mass is 10.2. The number of fused-ring (bicyclic) bond motifs is 1. The van der Waals surface area contributed by atoms with E-state index in [1.807, 2.05) is 12.1 Å². The van der Waals surface area contributed by atoms with Gasteiger partial charge < -0.3 is 4.74 Å². The second-order valence-corrected chi connectivity index (χ2v) is 9.21. The molecule has 9 heteroatoms. The van der Waals surface area contributed by atoms with E-state index in [2.05, 4.69) is 17.9 Å². The average Bonchev–Trinajstić information content (AvgIpc) is 3.14. The second-order valence-electron chi connectivity index (χ2n) is 7.36. The van der Waals surface area contributed by atoms with Gasteiger partial charge in [-0.2, -0.15) is 0 Å². The van der Waals surface area contributed by atoms with Crippen LogP contribution in [0.4, 0.5) is 5.13 Å². The monoisotopic (exact) mass is 499 g/mol. The molecule has 1 amide bonds. The van der Waals surface area contributed by atoms with Crippen molar-refractivity contribution in [3.05, 3.63) is 57.6 Å². The highest BCUT2D eigenvalue weighted by Gasteiger charge is 2.23. The van der Waals surface area contributed by atoms with Crippen LogP contribution in [-0.4, -0.2) is 55.2 Å². The third-order valence-corrected chi connectivity index (χ3v) is 6.72. The molecule has 1 aliphatic rings. The highest BCUT2D eigenvalue weighted by Crippen LogP contribution is 2.32. The zero-order valence-electron chi connectivity index (χ0n) is 17.1. The Morgan fingerprint density at radius 1 is 1.19 bits per heavy atom. The molecule has 0 spiro atoms. The van der Waals surface area contributed by atoms with E-state index in [9.17, 15) is 4.79 Å². The molecule has 0 bridgehead atoms. The Morgan fingerprint density at radius 2 is 1.97 bits per heavy atom. The highest BCUT2D eigenvalue weighted by molar-refractivity contribution is 7.22. The van der Waals surface area contributed by atoms with Gasteiger partial charge in [0.15, 0.2) is 5.13 Å². The Labute approximate surface area is 202 Å². The smallest absolute Gasteiger partial charge is 0.261 e. The molecule has 1 aromatic heterocycles. The first kappa shape index (κ1) is 24.2. The molecule has 3 aromatic rings. The van der Waals surface area contributed by atoms with E-state index in [0.717, 1.165) is 49.5 Å². The van der Waals surface area contributed by atoms with E-state index in [1.54, 1.807) is 23.1 Å². The second kappa shape index (κ2) is 10.9. The van der Waals surface area contributed by atoms with Crippen molar-refractivity contribution >= 4 is 68.2 Å². The van der Waals surface area contributed by atoms with Gasteiger partial charge in [-0.15, -0.1) is 12.4 Å². The first-order chi connectivity index (χ1) is 14.5. The van der Waals surface area contributed by atoms with Crippen LogP contribution < -0.4 is 4.90 Å². The molecule has 4 rings (SSSR count). The third-order valence-electron chi connectivity index (χ3n) is 5.13. The molecule has 2 heterocycles. The summed E-state index contributed by atoms with van der Waals surface area (Å²) in [6.07, 6.45) is 0.839. The molecule has 0 atom stereocenters. The number of ether oxygens (including phenoxy) is 1. The van der Waals surface area contributed by atoms with Gasteiger partial charge in [0.1, 0.15) is 0 Å². The van der Waals surface area contributed by atoms with Crippen LogP contribution in [0.3, 0.4) is 0 Å². The number of aryl methyl sites for hydroxylation is 1. The molecule has 1 saturated heterocycles. The fourth-order valence-electron chi connectivity index (χ4n) is 3.50. The molecule has 2 aromatic carbocycles. The predicted octanol–water partition coefficient (Wildman–Crippen LogP) is 5.70. The number of carbonyl (C=O) groups is 1. The summed E-state index contributed by atoms with van der Waals surface area (Å²) in [4.78, 5) is 22.3. The van der Waals surface area contributed by atoms with E-state index in [0.29, 0.717) is 27.3 Å². The molecule has 0 aliphatic carbocycles. The van der Waals surface area contributed by atoms with E-state index < -0.39 is 0 Å². The van der Waals surface area contributed by atoms with E-state index >= 15 is 0 Å². The molecule has 0 radical (unpaired) electrons. The maximum atomic E-state index is 13.4. The van der Waals surface area contributed by atoms with Crippen LogP contribution in [-0.2, 0) is 4.74 Å². The number of rotatable bonds is 6. The number of benzene rings is 2. The Balaban J connectivity index is 0.00000272. The van der Waals surface area contributed by atoms with Crippen molar-refractivity contribution in [2.75, 3.05) is 44.3 Å². The summed E-state index contributed by atoms with van der Waals surface area (Å²) in [5.74, 6) is -0.158. The number of carbonyl (C=O) groups excluding carboxylic acids is 1. The minimum absolute atomic E-state index is 0. The Hall–Kier alpha value is -1.41. The lowest BCUT2D eigenvalue weighted by molar-refractivity contribution is 0.0376. The maximum absolute atomic E-state index is 13.4. The number of thiazole rings is 1. The standard InChI is InChI=1S/C22H23Cl2N3O2S.ClH/c1-15-3-6-19-20(13-15)30-22(25-19)27(8-2-7-26-9-11-29-12-10-26)21(28)17-5-4-16(23)14-18(17)24;/h3-6,13-14H,2,7-12H2,1H3;1H. The summed E-state index contributed by atoms with van der Waals surface area (Å²) >= 11 is 13.9. The van der Waals surface area contributed by atoms with Crippen molar-refractivity contribution in [1.82, 2.24) is 9.88 Å². The fourth-order valence-corrected chi connectivity index (χ4v) is 5.08. The Bertz CT molecular complexity index is 1050. The van der Waals surface area contributed by atoms with Crippen molar-refractivity contribution in [3.63, 3.8) is 0 Å². The number of amides is 1. The van der Waals surface area contributed by atoms with Gasteiger partial charge in [-0.25, -0.2) is 4.98 Å².